The molecule has 0 bridgehead atoms. The zero-order chi connectivity index (χ0) is 19.1. The molecular weight excluding hydrogens is 338 g/mol. The van der Waals surface area contributed by atoms with Gasteiger partial charge in [-0.05, 0) is 63.5 Å². The lowest BCUT2D eigenvalue weighted by molar-refractivity contribution is 0.243. The summed E-state index contributed by atoms with van der Waals surface area (Å²) in [7, 11) is 4.30. The molecule has 1 aromatic carbocycles. The van der Waals surface area contributed by atoms with Crippen molar-refractivity contribution in [3.63, 3.8) is 0 Å². The number of benzene rings is 1. The second kappa shape index (κ2) is 7.00. The van der Waals surface area contributed by atoms with E-state index in [1.807, 2.05) is 13.8 Å². The fourth-order valence-corrected chi connectivity index (χ4v) is 4.49. The molecule has 6 heteroatoms. The van der Waals surface area contributed by atoms with E-state index in [2.05, 4.69) is 51.1 Å². The highest BCUT2D eigenvalue weighted by Gasteiger charge is 2.31. The van der Waals surface area contributed by atoms with Crippen molar-refractivity contribution in [3.8, 4) is 17.0 Å². The van der Waals surface area contributed by atoms with Crippen LogP contribution in [0.25, 0.3) is 11.3 Å². The zero-order valence-electron chi connectivity index (χ0n) is 16.7. The Morgan fingerprint density at radius 3 is 2.59 bits per heavy atom. The summed E-state index contributed by atoms with van der Waals surface area (Å²) in [4.78, 5) is 7.09. The highest BCUT2D eigenvalue weighted by atomic mass is 16.3. The lowest BCUT2D eigenvalue weighted by Gasteiger charge is -2.43. The van der Waals surface area contributed by atoms with Crippen molar-refractivity contribution in [3.05, 3.63) is 29.3 Å². The summed E-state index contributed by atoms with van der Waals surface area (Å²) >= 11 is 0. The minimum Gasteiger partial charge on any atom is -0.507 e. The van der Waals surface area contributed by atoms with Gasteiger partial charge in [0, 0.05) is 38.3 Å². The summed E-state index contributed by atoms with van der Waals surface area (Å²) in [5.41, 5.74) is 4.67. The van der Waals surface area contributed by atoms with E-state index in [4.69, 9.17) is 0 Å². The molecule has 3 heterocycles. The molecule has 2 aromatic rings. The van der Waals surface area contributed by atoms with E-state index in [0.717, 1.165) is 53.5 Å². The Hall–Kier alpha value is -2.34. The maximum Gasteiger partial charge on any atom is 0.175 e. The molecule has 0 spiro atoms. The molecule has 4 rings (SSSR count). The summed E-state index contributed by atoms with van der Waals surface area (Å²) in [5, 5.41) is 19.6. The van der Waals surface area contributed by atoms with Crippen molar-refractivity contribution in [2.45, 2.75) is 32.7 Å². The molecule has 0 unspecified atom stereocenters. The number of likely N-dealkylation sites (N-methyl/N-ethyl adjacent to an activating group) is 2. The molecule has 2 aliphatic heterocycles. The smallest absolute Gasteiger partial charge is 0.175 e. The minimum absolute atomic E-state index is 0.269. The maximum absolute atomic E-state index is 10.5. The number of hydrogen-bond acceptors (Lipinski definition) is 6. The number of aromatic nitrogens is 2. The predicted molar refractivity (Wildman–Crippen MR) is 110 cm³/mol. The topological polar surface area (TPSA) is 55.7 Å². The normalized spacial score (nSPS) is 20.7. The average Bonchev–Trinajstić information content (AvgIpc) is 2.61. The van der Waals surface area contributed by atoms with E-state index in [-0.39, 0.29) is 5.75 Å². The third-order valence-electron chi connectivity index (χ3n) is 5.87. The first-order valence-corrected chi connectivity index (χ1v) is 9.78. The zero-order valence-corrected chi connectivity index (χ0v) is 16.7. The number of rotatable bonds is 2. The number of hydrogen-bond donors (Lipinski definition) is 1. The molecule has 1 fully saturated rings. The molecule has 0 amide bonds. The van der Waals surface area contributed by atoms with Crippen LogP contribution in [0.3, 0.4) is 0 Å². The van der Waals surface area contributed by atoms with Gasteiger partial charge in [0.15, 0.2) is 5.82 Å². The van der Waals surface area contributed by atoms with Crippen molar-refractivity contribution in [2.75, 3.05) is 50.1 Å². The third-order valence-corrected chi connectivity index (χ3v) is 5.87. The fourth-order valence-electron chi connectivity index (χ4n) is 4.49. The first-order chi connectivity index (χ1) is 12.9. The minimum atomic E-state index is 0.269. The summed E-state index contributed by atoms with van der Waals surface area (Å²) in [6.07, 6.45) is 2.43. The van der Waals surface area contributed by atoms with Crippen molar-refractivity contribution < 1.29 is 5.11 Å². The van der Waals surface area contributed by atoms with E-state index in [0.29, 0.717) is 6.04 Å². The van der Waals surface area contributed by atoms with E-state index < -0.39 is 0 Å². The van der Waals surface area contributed by atoms with Crippen LogP contribution in [0.15, 0.2) is 18.2 Å². The van der Waals surface area contributed by atoms with Crippen LogP contribution in [0.4, 0.5) is 11.5 Å². The number of phenolic OH excluding ortho intramolecular Hbond substituents is 1. The molecule has 0 aliphatic carbocycles. The standard InChI is InChI=1S/C21H29N5O/c1-14-10-15(2)20(19(27)11-14)17-12-18-21(23-22-17)26(9-8-25(18)4)16-6-5-7-24(3)13-16/h10-12,16,27H,5-9,13H2,1-4H3/t16-/m0/s1. The predicted octanol–water partition coefficient (Wildman–Crippen LogP) is 2.82. The Bertz CT molecular complexity index is 829. The summed E-state index contributed by atoms with van der Waals surface area (Å²) in [6, 6.07) is 6.44. The molecule has 1 saturated heterocycles. The maximum atomic E-state index is 10.5. The highest BCUT2D eigenvalue weighted by Crippen LogP contribution is 2.38. The van der Waals surface area contributed by atoms with Gasteiger partial charge in [0.25, 0.3) is 0 Å². The molecule has 6 nitrogen and oxygen atoms in total. The van der Waals surface area contributed by atoms with Crippen molar-refractivity contribution in [2.24, 2.45) is 0 Å². The van der Waals surface area contributed by atoms with Gasteiger partial charge >= 0.3 is 0 Å². The number of phenols is 1. The van der Waals surface area contributed by atoms with Gasteiger partial charge in [-0.2, -0.15) is 0 Å². The second-order valence-electron chi connectivity index (χ2n) is 8.09. The Labute approximate surface area is 161 Å². The summed E-state index contributed by atoms with van der Waals surface area (Å²) < 4.78 is 0. The Morgan fingerprint density at radius 1 is 1.04 bits per heavy atom. The Morgan fingerprint density at radius 2 is 1.85 bits per heavy atom. The van der Waals surface area contributed by atoms with Gasteiger partial charge in [-0.15, -0.1) is 10.2 Å². The van der Waals surface area contributed by atoms with Gasteiger partial charge in [0.05, 0.1) is 11.4 Å². The lowest BCUT2D eigenvalue weighted by atomic mass is 10.00. The summed E-state index contributed by atoms with van der Waals surface area (Å²) in [6.45, 7) is 8.19. The number of nitrogens with zero attached hydrogens (tertiary/aromatic N) is 5. The second-order valence-corrected chi connectivity index (χ2v) is 8.09. The SMILES string of the molecule is Cc1cc(C)c(-c2cc3c(nn2)N([C@H]2CCCN(C)C2)CCN3C)c(O)c1. The van der Waals surface area contributed by atoms with Crippen LogP contribution in [-0.4, -0.2) is 66.5 Å². The van der Waals surface area contributed by atoms with Gasteiger partial charge in [0.2, 0.25) is 0 Å². The van der Waals surface area contributed by atoms with E-state index in [9.17, 15) is 5.11 Å². The quantitative estimate of drug-likeness (QED) is 0.881. The molecular formula is C21H29N5O. The van der Waals surface area contributed by atoms with Gasteiger partial charge in [-0.25, -0.2) is 0 Å². The van der Waals surface area contributed by atoms with E-state index >= 15 is 0 Å². The van der Waals surface area contributed by atoms with Gasteiger partial charge in [0.1, 0.15) is 5.75 Å². The van der Waals surface area contributed by atoms with Crippen LogP contribution in [0, 0.1) is 13.8 Å². The van der Waals surface area contributed by atoms with Gasteiger partial charge < -0.3 is 19.8 Å². The van der Waals surface area contributed by atoms with Gasteiger partial charge in [-0.1, -0.05) is 6.07 Å². The molecule has 1 atom stereocenters. The molecule has 0 saturated carbocycles. The molecule has 2 aliphatic rings. The van der Waals surface area contributed by atoms with Gasteiger partial charge in [-0.3, -0.25) is 0 Å². The van der Waals surface area contributed by atoms with E-state index in [1.54, 1.807) is 6.07 Å². The number of aryl methyl sites for hydroxylation is 2. The van der Waals surface area contributed by atoms with Crippen LogP contribution in [0.1, 0.15) is 24.0 Å². The van der Waals surface area contributed by atoms with Crippen LogP contribution < -0.4 is 9.80 Å². The average molecular weight is 367 g/mol. The number of aromatic hydroxyl groups is 1. The molecule has 27 heavy (non-hydrogen) atoms. The van der Waals surface area contributed by atoms with Crippen molar-refractivity contribution >= 4 is 11.5 Å². The number of anilines is 2. The summed E-state index contributed by atoms with van der Waals surface area (Å²) in [5.74, 6) is 1.24. The lowest BCUT2D eigenvalue weighted by Crippen LogP contribution is -2.51. The first kappa shape index (κ1) is 18.0. The highest BCUT2D eigenvalue weighted by molar-refractivity contribution is 5.78. The largest absolute Gasteiger partial charge is 0.507 e. The van der Waals surface area contributed by atoms with Crippen LogP contribution in [0.2, 0.25) is 0 Å². The van der Waals surface area contributed by atoms with Crippen LogP contribution in [-0.2, 0) is 0 Å². The van der Waals surface area contributed by atoms with Crippen LogP contribution in [0.5, 0.6) is 5.75 Å². The fraction of sp³-hybridized carbons (Fsp3) is 0.524. The molecule has 144 valence electrons. The first-order valence-electron chi connectivity index (χ1n) is 9.78. The van der Waals surface area contributed by atoms with Crippen molar-refractivity contribution in [1.29, 1.82) is 0 Å². The number of fused-ring (bicyclic) bond motifs is 1. The molecule has 1 aromatic heterocycles. The Balaban J connectivity index is 1.73. The number of likely N-dealkylation sites (tertiary alicyclic amines) is 1. The third kappa shape index (κ3) is 3.34. The van der Waals surface area contributed by atoms with E-state index in [1.165, 1.54) is 19.4 Å². The van der Waals surface area contributed by atoms with Crippen LogP contribution >= 0.6 is 0 Å². The monoisotopic (exact) mass is 367 g/mol. The Kier molecular flexibility index (Phi) is 4.68. The molecule has 1 N–H and O–H groups in total. The van der Waals surface area contributed by atoms with Crippen molar-refractivity contribution in [1.82, 2.24) is 15.1 Å². The number of piperidine rings is 1. The molecule has 0 radical (unpaired) electrons.